The molecule has 0 atom stereocenters. The highest BCUT2D eigenvalue weighted by atomic mass is 32.1. The fraction of sp³-hybridized carbons (Fsp3) is 0.429. The molecule has 0 aromatic heterocycles. The highest BCUT2D eigenvalue weighted by Crippen LogP contribution is 2.20. The monoisotopic (exact) mass is 295 g/mol. The summed E-state index contributed by atoms with van der Waals surface area (Å²) >= 11 is 4.97. The minimum Gasteiger partial charge on any atom is -0.496 e. The van der Waals surface area contributed by atoms with Crippen LogP contribution in [-0.2, 0) is 11.3 Å². The summed E-state index contributed by atoms with van der Waals surface area (Å²) in [6.07, 6.45) is 0. The molecule has 110 valence electrons. The quantitative estimate of drug-likeness (QED) is 0.789. The van der Waals surface area contributed by atoms with Crippen molar-refractivity contribution in [1.29, 1.82) is 0 Å². The van der Waals surface area contributed by atoms with Crippen molar-refractivity contribution in [3.63, 3.8) is 0 Å². The third-order valence-electron chi connectivity index (χ3n) is 2.89. The molecular formula is C14H21N3O2S. The summed E-state index contributed by atoms with van der Waals surface area (Å²) in [5.74, 6) is 0.724. The standard InChI is InChI=1S/C14H21N3O2S/c1-16(2)13(18)9-17(3)8-10-5-6-11(14(15)20)12(7-10)19-4/h5-7H,8-9H2,1-4H3,(H2,15,20). The summed E-state index contributed by atoms with van der Waals surface area (Å²) < 4.78 is 5.29. The molecule has 0 saturated heterocycles. The molecule has 1 aromatic carbocycles. The minimum absolute atomic E-state index is 0.0687. The number of carbonyl (C=O) groups excluding carboxylic acids is 1. The van der Waals surface area contributed by atoms with E-state index in [1.165, 1.54) is 0 Å². The van der Waals surface area contributed by atoms with Crippen LogP contribution in [0.2, 0.25) is 0 Å². The average molecular weight is 295 g/mol. The molecule has 1 amide bonds. The maximum absolute atomic E-state index is 11.6. The summed E-state index contributed by atoms with van der Waals surface area (Å²) in [6, 6.07) is 5.68. The first kappa shape index (κ1) is 16.4. The summed E-state index contributed by atoms with van der Waals surface area (Å²) in [5, 5.41) is 0. The largest absolute Gasteiger partial charge is 0.496 e. The number of hydrogen-bond acceptors (Lipinski definition) is 4. The molecule has 20 heavy (non-hydrogen) atoms. The zero-order valence-electron chi connectivity index (χ0n) is 12.3. The number of likely N-dealkylation sites (N-methyl/N-ethyl adjacent to an activating group) is 2. The summed E-state index contributed by atoms with van der Waals surface area (Å²) in [4.78, 5) is 15.5. The van der Waals surface area contributed by atoms with Crippen molar-refractivity contribution < 1.29 is 9.53 Å². The molecule has 0 unspecified atom stereocenters. The SMILES string of the molecule is COc1cc(CN(C)CC(=O)N(C)C)ccc1C(N)=S. The van der Waals surface area contributed by atoms with Crippen molar-refractivity contribution in [2.45, 2.75) is 6.54 Å². The fourth-order valence-electron chi connectivity index (χ4n) is 1.78. The fourth-order valence-corrected chi connectivity index (χ4v) is 1.95. The molecule has 6 heteroatoms. The van der Waals surface area contributed by atoms with Gasteiger partial charge < -0.3 is 15.4 Å². The van der Waals surface area contributed by atoms with E-state index < -0.39 is 0 Å². The van der Waals surface area contributed by atoms with E-state index in [-0.39, 0.29) is 5.91 Å². The zero-order valence-corrected chi connectivity index (χ0v) is 13.2. The van der Waals surface area contributed by atoms with Crippen LogP contribution in [0.25, 0.3) is 0 Å². The van der Waals surface area contributed by atoms with Crippen molar-refractivity contribution in [3.8, 4) is 5.75 Å². The molecule has 0 bridgehead atoms. The second-order valence-electron chi connectivity index (χ2n) is 4.86. The second-order valence-corrected chi connectivity index (χ2v) is 5.30. The number of nitrogens with zero attached hydrogens (tertiary/aromatic N) is 2. The van der Waals surface area contributed by atoms with Crippen molar-refractivity contribution in [1.82, 2.24) is 9.80 Å². The van der Waals surface area contributed by atoms with E-state index in [4.69, 9.17) is 22.7 Å². The van der Waals surface area contributed by atoms with Crippen LogP contribution >= 0.6 is 12.2 Å². The van der Waals surface area contributed by atoms with E-state index in [9.17, 15) is 4.79 Å². The number of thiocarbonyl (C=S) groups is 1. The smallest absolute Gasteiger partial charge is 0.236 e. The Bertz CT molecular complexity index is 503. The van der Waals surface area contributed by atoms with Crippen LogP contribution in [0.15, 0.2) is 18.2 Å². The van der Waals surface area contributed by atoms with E-state index in [2.05, 4.69) is 0 Å². The second kappa shape index (κ2) is 7.21. The number of nitrogens with two attached hydrogens (primary N) is 1. The number of methoxy groups -OCH3 is 1. The molecule has 0 spiro atoms. The van der Waals surface area contributed by atoms with Crippen molar-refractivity contribution in [2.24, 2.45) is 5.73 Å². The lowest BCUT2D eigenvalue weighted by Crippen LogP contribution is -2.34. The van der Waals surface area contributed by atoms with Gasteiger partial charge >= 0.3 is 0 Å². The average Bonchev–Trinajstić information content (AvgIpc) is 2.37. The highest BCUT2D eigenvalue weighted by molar-refractivity contribution is 7.80. The topological polar surface area (TPSA) is 58.8 Å². The Kier molecular flexibility index (Phi) is 5.91. The van der Waals surface area contributed by atoms with Gasteiger partial charge in [-0.3, -0.25) is 9.69 Å². The van der Waals surface area contributed by atoms with Gasteiger partial charge in [-0.25, -0.2) is 0 Å². The van der Waals surface area contributed by atoms with Crippen LogP contribution in [-0.4, -0.2) is 55.5 Å². The Balaban J connectivity index is 2.78. The summed E-state index contributed by atoms with van der Waals surface area (Å²) in [7, 11) is 6.97. The molecular weight excluding hydrogens is 274 g/mol. The minimum atomic E-state index is 0.0687. The van der Waals surface area contributed by atoms with Gasteiger partial charge in [-0.15, -0.1) is 0 Å². The van der Waals surface area contributed by atoms with E-state index >= 15 is 0 Å². The lowest BCUT2D eigenvalue weighted by atomic mass is 10.1. The molecule has 0 aliphatic heterocycles. The van der Waals surface area contributed by atoms with Gasteiger partial charge in [0.25, 0.3) is 0 Å². The number of rotatable bonds is 6. The lowest BCUT2D eigenvalue weighted by molar-refractivity contribution is -0.129. The van der Waals surface area contributed by atoms with Gasteiger partial charge in [-0.1, -0.05) is 18.3 Å². The number of benzene rings is 1. The molecule has 2 N–H and O–H groups in total. The number of ether oxygens (including phenoxy) is 1. The van der Waals surface area contributed by atoms with Crippen molar-refractivity contribution in [2.75, 3.05) is 34.8 Å². The molecule has 1 aromatic rings. The Morgan fingerprint density at radius 2 is 2.00 bits per heavy atom. The molecule has 0 radical (unpaired) electrons. The molecule has 1 rings (SSSR count). The molecule has 0 aliphatic carbocycles. The Hall–Kier alpha value is -1.66. The van der Waals surface area contributed by atoms with Gasteiger partial charge in [0.05, 0.1) is 19.2 Å². The maximum Gasteiger partial charge on any atom is 0.236 e. The Morgan fingerprint density at radius 1 is 1.35 bits per heavy atom. The van der Waals surface area contributed by atoms with Crippen molar-refractivity contribution in [3.05, 3.63) is 29.3 Å². The Morgan fingerprint density at radius 3 is 2.50 bits per heavy atom. The van der Waals surface area contributed by atoms with E-state index in [1.54, 1.807) is 26.1 Å². The van der Waals surface area contributed by atoms with Crippen LogP contribution in [0.1, 0.15) is 11.1 Å². The Labute approximate surface area is 125 Å². The third kappa shape index (κ3) is 4.47. The summed E-state index contributed by atoms with van der Waals surface area (Å²) in [5.41, 5.74) is 7.39. The summed E-state index contributed by atoms with van der Waals surface area (Å²) in [6.45, 7) is 1.01. The van der Waals surface area contributed by atoms with Gasteiger partial charge in [-0.05, 0) is 24.7 Å². The van der Waals surface area contributed by atoms with E-state index in [0.29, 0.717) is 23.8 Å². The highest BCUT2D eigenvalue weighted by Gasteiger charge is 2.11. The van der Waals surface area contributed by atoms with Gasteiger partial charge in [0.1, 0.15) is 10.7 Å². The number of hydrogen-bond donors (Lipinski definition) is 1. The molecule has 0 fully saturated rings. The third-order valence-corrected chi connectivity index (χ3v) is 3.11. The van der Waals surface area contributed by atoms with Crippen LogP contribution in [0.5, 0.6) is 5.75 Å². The number of amides is 1. The molecule has 5 nitrogen and oxygen atoms in total. The van der Waals surface area contributed by atoms with Crippen LogP contribution < -0.4 is 10.5 Å². The molecule has 0 heterocycles. The van der Waals surface area contributed by atoms with Crippen LogP contribution in [0, 0.1) is 0 Å². The van der Waals surface area contributed by atoms with Crippen LogP contribution in [0.4, 0.5) is 0 Å². The zero-order chi connectivity index (χ0) is 15.3. The van der Waals surface area contributed by atoms with E-state index in [1.807, 2.05) is 30.1 Å². The first-order valence-electron chi connectivity index (χ1n) is 6.20. The van der Waals surface area contributed by atoms with Gasteiger partial charge in [0, 0.05) is 20.6 Å². The van der Waals surface area contributed by atoms with Gasteiger partial charge in [-0.2, -0.15) is 0 Å². The first-order chi connectivity index (χ1) is 9.35. The molecule has 0 aliphatic rings. The molecule has 0 saturated carbocycles. The lowest BCUT2D eigenvalue weighted by Gasteiger charge is -2.19. The van der Waals surface area contributed by atoms with E-state index in [0.717, 1.165) is 11.1 Å². The predicted molar refractivity (Wildman–Crippen MR) is 83.9 cm³/mol. The van der Waals surface area contributed by atoms with Crippen LogP contribution in [0.3, 0.4) is 0 Å². The predicted octanol–water partition coefficient (Wildman–Crippen LogP) is 0.849. The van der Waals surface area contributed by atoms with Gasteiger partial charge in [0.15, 0.2) is 0 Å². The van der Waals surface area contributed by atoms with Crippen molar-refractivity contribution >= 4 is 23.1 Å². The first-order valence-corrected chi connectivity index (χ1v) is 6.61. The maximum atomic E-state index is 11.6. The van der Waals surface area contributed by atoms with Gasteiger partial charge in [0.2, 0.25) is 5.91 Å². The number of carbonyl (C=O) groups is 1. The normalized spacial score (nSPS) is 10.4.